The summed E-state index contributed by atoms with van der Waals surface area (Å²) in [5, 5.41) is 8.90. The molecule has 0 spiro atoms. The second kappa shape index (κ2) is 6.36. The molecule has 0 aliphatic carbocycles. The van der Waals surface area contributed by atoms with E-state index in [2.05, 4.69) is 20.7 Å². The lowest BCUT2D eigenvalue weighted by atomic mass is 10.2. The van der Waals surface area contributed by atoms with Crippen molar-refractivity contribution >= 4 is 31.9 Å². The Morgan fingerprint density at radius 2 is 2.16 bits per heavy atom. The molecule has 0 amide bonds. The number of carboxylic acids is 1. The highest BCUT2D eigenvalue weighted by Crippen LogP contribution is 2.27. The number of aliphatic carboxylic acids is 1. The van der Waals surface area contributed by atoms with Crippen LogP contribution in [0.1, 0.15) is 13.3 Å². The highest BCUT2D eigenvalue weighted by atomic mass is 79.9. The second-order valence-electron chi connectivity index (χ2n) is 3.72. The highest BCUT2D eigenvalue weighted by Gasteiger charge is 2.26. The van der Waals surface area contributed by atoms with Gasteiger partial charge in [0.15, 0.2) is 0 Å². The van der Waals surface area contributed by atoms with Crippen molar-refractivity contribution in [3.05, 3.63) is 22.7 Å². The summed E-state index contributed by atoms with van der Waals surface area (Å²) >= 11 is 3.17. The molecule has 0 bridgehead atoms. The fourth-order valence-corrected chi connectivity index (χ4v) is 3.40. The minimum Gasteiger partial charge on any atom is -0.495 e. The van der Waals surface area contributed by atoms with Gasteiger partial charge in [-0.1, -0.05) is 22.9 Å². The zero-order valence-corrected chi connectivity index (χ0v) is 12.8. The average Bonchev–Trinajstić information content (AvgIpc) is 2.35. The molecule has 8 heteroatoms. The third kappa shape index (κ3) is 3.92. The molecule has 1 aromatic rings. The first-order valence-electron chi connectivity index (χ1n) is 5.40. The topological polar surface area (TPSA) is 92.7 Å². The van der Waals surface area contributed by atoms with Crippen molar-refractivity contribution in [3.63, 3.8) is 0 Å². The van der Waals surface area contributed by atoms with Crippen molar-refractivity contribution in [1.29, 1.82) is 0 Å². The maximum absolute atomic E-state index is 12.2. The molecule has 1 aromatic carbocycles. The Labute approximate surface area is 120 Å². The van der Waals surface area contributed by atoms with E-state index in [1.165, 1.54) is 19.2 Å². The summed E-state index contributed by atoms with van der Waals surface area (Å²) in [6.45, 7) is 1.58. The molecule has 2 N–H and O–H groups in total. The van der Waals surface area contributed by atoms with Crippen LogP contribution < -0.4 is 9.46 Å². The van der Waals surface area contributed by atoms with Crippen molar-refractivity contribution in [3.8, 4) is 5.75 Å². The van der Waals surface area contributed by atoms with Crippen LogP contribution in [0, 0.1) is 0 Å². The molecule has 0 unspecified atom stereocenters. The van der Waals surface area contributed by atoms with Gasteiger partial charge in [0, 0.05) is 4.47 Å². The van der Waals surface area contributed by atoms with Gasteiger partial charge in [-0.3, -0.25) is 4.79 Å². The maximum atomic E-state index is 12.2. The van der Waals surface area contributed by atoms with Gasteiger partial charge in [-0.15, -0.1) is 0 Å². The predicted molar refractivity (Wildman–Crippen MR) is 72.7 cm³/mol. The highest BCUT2D eigenvalue weighted by molar-refractivity contribution is 9.10. The van der Waals surface area contributed by atoms with Gasteiger partial charge in [0.1, 0.15) is 16.7 Å². The number of ether oxygens (including phenoxy) is 1. The molecule has 6 nitrogen and oxygen atoms in total. The van der Waals surface area contributed by atoms with Gasteiger partial charge in [0.05, 0.1) is 7.11 Å². The molecule has 106 valence electrons. The fraction of sp³-hybridized carbons (Fsp3) is 0.364. The van der Waals surface area contributed by atoms with Crippen LogP contribution in [0.4, 0.5) is 0 Å². The molecule has 0 fully saturated rings. The first-order chi connectivity index (χ1) is 8.81. The zero-order chi connectivity index (χ0) is 14.6. The van der Waals surface area contributed by atoms with E-state index in [0.717, 1.165) is 0 Å². The van der Waals surface area contributed by atoms with Gasteiger partial charge < -0.3 is 9.84 Å². The standard InChI is InChI=1S/C11H14BrNO5S/c1-3-8(11(14)15)13-19(16,17)10-6-7(12)4-5-9(10)18-2/h4-6,8,13H,3H2,1-2H3,(H,14,15)/t8-/m1/s1. The number of hydrogen-bond acceptors (Lipinski definition) is 4. The van der Waals surface area contributed by atoms with Gasteiger partial charge >= 0.3 is 5.97 Å². The Morgan fingerprint density at radius 1 is 1.53 bits per heavy atom. The molecule has 0 heterocycles. The van der Waals surface area contributed by atoms with Crippen LogP contribution in [-0.4, -0.2) is 32.6 Å². The van der Waals surface area contributed by atoms with Crippen molar-refractivity contribution in [2.45, 2.75) is 24.3 Å². The van der Waals surface area contributed by atoms with Crippen molar-refractivity contribution in [2.24, 2.45) is 0 Å². The van der Waals surface area contributed by atoms with E-state index in [0.29, 0.717) is 4.47 Å². The van der Waals surface area contributed by atoms with Crippen LogP contribution in [0.2, 0.25) is 0 Å². The maximum Gasteiger partial charge on any atom is 0.321 e. The van der Waals surface area contributed by atoms with E-state index in [1.54, 1.807) is 13.0 Å². The van der Waals surface area contributed by atoms with Crippen molar-refractivity contribution < 1.29 is 23.1 Å². The first kappa shape index (κ1) is 15.9. The lowest BCUT2D eigenvalue weighted by Gasteiger charge is -2.15. The van der Waals surface area contributed by atoms with E-state index >= 15 is 0 Å². The number of benzene rings is 1. The van der Waals surface area contributed by atoms with E-state index in [-0.39, 0.29) is 17.1 Å². The number of carboxylic acid groups (broad SMARTS) is 1. The largest absolute Gasteiger partial charge is 0.495 e. The quantitative estimate of drug-likeness (QED) is 0.811. The second-order valence-corrected chi connectivity index (χ2v) is 6.31. The summed E-state index contributed by atoms with van der Waals surface area (Å²) in [5.74, 6) is -1.07. The third-order valence-corrected chi connectivity index (χ3v) is 4.41. The Kier molecular flexibility index (Phi) is 5.33. The normalized spacial score (nSPS) is 13.0. The molecule has 0 radical (unpaired) electrons. The molecular weight excluding hydrogens is 338 g/mol. The van der Waals surface area contributed by atoms with Crippen LogP contribution in [0.3, 0.4) is 0 Å². The number of methoxy groups -OCH3 is 1. The summed E-state index contributed by atoms with van der Waals surface area (Å²) < 4.78 is 32.0. The number of hydrogen-bond donors (Lipinski definition) is 2. The number of carbonyl (C=O) groups is 1. The molecule has 0 saturated heterocycles. The SMILES string of the molecule is CC[C@@H](NS(=O)(=O)c1cc(Br)ccc1OC)C(=O)O. The van der Waals surface area contributed by atoms with Crippen molar-refractivity contribution in [1.82, 2.24) is 4.72 Å². The van der Waals surface area contributed by atoms with Crippen LogP contribution in [0.5, 0.6) is 5.75 Å². The lowest BCUT2D eigenvalue weighted by Crippen LogP contribution is -2.40. The summed E-state index contributed by atoms with van der Waals surface area (Å²) in [4.78, 5) is 10.8. The van der Waals surface area contributed by atoms with Gasteiger partial charge in [0.25, 0.3) is 0 Å². The summed E-state index contributed by atoms with van der Waals surface area (Å²) in [6.07, 6.45) is 0.144. The Morgan fingerprint density at radius 3 is 2.63 bits per heavy atom. The average molecular weight is 352 g/mol. The lowest BCUT2D eigenvalue weighted by molar-refractivity contribution is -0.139. The Hall–Kier alpha value is -1.12. The molecule has 0 aliphatic heterocycles. The molecular formula is C11H14BrNO5S. The molecule has 0 aromatic heterocycles. The molecule has 1 atom stereocenters. The van der Waals surface area contributed by atoms with Crippen molar-refractivity contribution in [2.75, 3.05) is 7.11 Å². The Bertz CT molecular complexity index is 572. The fourth-order valence-electron chi connectivity index (χ4n) is 1.42. The van der Waals surface area contributed by atoms with Crippen LogP contribution in [0.25, 0.3) is 0 Å². The summed E-state index contributed by atoms with van der Waals surface area (Å²) in [7, 11) is -2.62. The molecule has 19 heavy (non-hydrogen) atoms. The zero-order valence-electron chi connectivity index (χ0n) is 10.4. The number of sulfonamides is 1. The summed E-state index contributed by atoms with van der Waals surface area (Å²) in [6, 6.07) is 3.30. The minimum absolute atomic E-state index is 0.107. The smallest absolute Gasteiger partial charge is 0.321 e. The van der Waals surface area contributed by atoms with Gasteiger partial charge in [-0.2, -0.15) is 4.72 Å². The minimum atomic E-state index is -3.97. The Balaban J connectivity index is 3.20. The van der Waals surface area contributed by atoms with E-state index < -0.39 is 22.0 Å². The predicted octanol–water partition coefficient (Wildman–Crippen LogP) is 1.60. The molecule has 1 rings (SSSR count). The van der Waals surface area contributed by atoms with E-state index in [9.17, 15) is 13.2 Å². The van der Waals surface area contributed by atoms with Crippen LogP contribution >= 0.6 is 15.9 Å². The number of nitrogens with one attached hydrogen (secondary N) is 1. The number of rotatable bonds is 6. The van der Waals surface area contributed by atoms with Gasteiger partial charge in [0.2, 0.25) is 10.0 Å². The van der Waals surface area contributed by atoms with E-state index in [4.69, 9.17) is 9.84 Å². The van der Waals surface area contributed by atoms with Crippen LogP contribution in [0.15, 0.2) is 27.6 Å². The monoisotopic (exact) mass is 351 g/mol. The third-order valence-electron chi connectivity index (χ3n) is 2.42. The molecule has 0 aliphatic rings. The van der Waals surface area contributed by atoms with E-state index in [1.807, 2.05) is 0 Å². The number of halogens is 1. The van der Waals surface area contributed by atoms with Crippen LogP contribution in [-0.2, 0) is 14.8 Å². The molecule has 0 saturated carbocycles. The summed E-state index contributed by atoms with van der Waals surface area (Å²) in [5.41, 5.74) is 0. The first-order valence-corrected chi connectivity index (χ1v) is 7.68. The van der Waals surface area contributed by atoms with Gasteiger partial charge in [-0.05, 0) is 24.6 Å². The van der Waals surface area contributed by atoms with Gasteiger partial charge in [-0.25, -0.2) is 8.42 Å².